The second-order valence-corrected chi connectivity index (χ2v) is 8.84. The van der Waals surface area contributed by atoms with E-state index < -0.39 is 0 Å². The number of aromatic nitrogens is 2. The first-order valence-electron chi connectivity index (χ1n) is 12.7. The predicted octanol–water partition coefficient (Wildman–Crippen LogP) is 5.75. The second kappa shape index (κ2) is 12.7. The Hall–Kier alpha value is -3.60. The van der Waals surface area contributed by atoms with Crippen molar-refractivity contribution in [2.75, 3.05) is 13.2 Å². The minimum atomic E-state index is 0.0855. The van der Waals surface area contributed by atoms with Crippen molar-refractivity contribution in [2.45, 2.75) is 52.0 Å². The number of carbonyl (C=O) groups excluding carboxylic acids is 1. The van der Waals surface area contributed by atoms with E-state index in [0.29, 0.717) is 19.6 Å². The van der Waals surface area contributed by atoms with E-state index >= 15 is 0 Å². The molecule has 0 atom stereocenters. The summed E-state index contributed by atoms with van der Waals surface area (Å²) in [7, 11) is 0. The predicted molar refractivity (Wildman–Crippen MR) is 142 cm³/mol. The van der Waals surface area contributed by atoms with Crippen molar-refractivity contribution >= 4 is 16.9 Å². The molecule has 182 valence electrons. The van der Waals surface area contributed by atoms with Crippen LogP contribution in [0.5, 0.6) is 5.75 Å². The third-order valence-electron chi connectivity index (χ3n) is 6.26. The van der Waals surface area contributed by atoms with Gasteiger partial charge in [0.2, 0.25) is 5.91 Å². The number of carbonyl (C=O) groups is 1. The highest BCUT2D eigenvalue weighted by atomic mass is 16.5. The number of rotatable bonds is 13. The number of benzene rings is 3. The Bertz CT molecular complexity index is 1200. The van der Waals surface area contributed by atoms with Crippen molar-refractivity contribution in [3.8, 4) is 5.75 Å². The van der Waals surface area contributed by atoms with E-state index in [1.54, 1.807) is 0 Å². The van der Waals surface area contributed by atoms with Gasteiger partial charge in [-0.05, 0) is 54.7 Å². The topological polar surface area (TPSA) is 56.1 Å². The van der Waals surface area contributed by atoms with E-state index in [1.165, 1.54) is 5.56 Å². The first kappa shape index (κ1) is 24.5. The van der Waals surface area contributed by atoms with Crippen molar-refractivity contribution in [3.05, 3.63) is 95.8 Å². The fraction of sp³-hybridized carbons (Fsp3) is 0.333. The van der Waals surface area contributed by atoms with Crippen molar-refractivity contribution in [2.24, 2.45) is 0 Å². The smallest absolute Gasteiger partial charge is 0.224 e. The molecule has 0 saturated carbocycles. The normalized spacial score (nSPS) is 11.0. The number of hydrogen-bond acceptors (Lipinski definition) is 3. The van der Waals surface area contributed by atoms with Gasteiger partial charge in [0.05, 0.1) is 24.0 Å². The number of unbranched alkanes of at least 4 members (excludes halogenated alkanes) is 2. The van der Waals surface area contributed by atoms with Gasteiger partial charge in [0, 0.05) is 13.0 Å². The molecule has 1 amide bonds. The molecule has 0 radical (unpaired) electrons. The average molecular weight is 470 g/mol. The molecule has 4 rings (SSSR count). The molecule has 0 fully saturated rings. The van der Waals surface area contributed by atoms with Gasteiger partial charge < -0.3 is 14.6 Å². The number of hydrogen-bond donors (Lipinski definition) is 1. The van der Waals surface area contributed by atoms with Crippen LogP contribution >= 0.6 is 0 Å². The molecule has 5 heteroatoms. The fourth-order valence-electron chi connectivity index (χ4n) is 4.30. The van der Waals surface area contributed by atoms with Crippen molar-refractivity contribution < 1.29 is 9.53 Å². The molecule has 0 saturated heterocycles. The summed E-state index contributed by atoms with van der Waals surface area (Å²) in [6, 6.07) is 26.5. The van der Waals surface area contributed by atoms with Gasteiger partial charge in [0.15, 0.2) is 0 Å². The Balaban J connectivity index is 1.23. The number of fused-ring (bicyclic) bond motifs is 1. The van der Waals surface area contributed by atoms with Gasteiger partial charge in [0.1, 0.15) is 18.2 Å². The molecule has 0 bridgehead atoms. The molecule has 5 nitrogen and oxygen atoms in total. The molecular weight excluding hydrogens is 434 g/mol. The Morgan fingerprint density at radius 1 is 0.886 bits per heavy atom. The van der Waals surface area contributed by atoms with Crippen LogP contribution in [0.1, 0.15) is 43.1 Å². The standard InChI is InChI=1S/C30H35N3O2/c1-2-24-16-18-26(19-17-24)35-22-21-33-28-14-9-8-13-27(28)32-29(33)15-7-4-10-20-31-30(34)23-25-11-5-3-6-12-25/h3,5-6,8-9,11-14,16-19H,2,4,7,10,15,20-23H2,1H3,(H,31,34). The summed E-state index contributed by atoms with van der Waals surface area (Å²) in [5, 5.41) is 3.04. The van der Waals surface area contributed by atoms with E-state index in [0.717, 1.165) is 66.8 Å². The zero-order valence-electron chi connectivity index (χ0n) is 20.6. The van der Waals surface area contributed by atoms with Crippen LogP contribution < -0.4 is 10.1 Å². The largest absolute Gasteiger partial charge is 0.492 e. The molecule has 1 N–H and O–H groups in total. The molecule has 1 aromatic heterocycles. The summed E-state index contributed by atoms with van der Waals surface area (Å²) >= 11 is 0. The van der Waals surface area contributed by atoms with Crippen LogP contribution in [0.25, 0.3) is 11.0 Å². The molecule has 4 aromatic rings. The van der Waals surface area contributed by atoms with E-state index in [9.17, 15) is 4.79 Å². The van der Waals surface area contributed by atoms with Gasteiger partial charge in [-0.1, -0.05) is 67.9 Å². The Morgan fingerprint density at radius 2 is 1.66 bits per heavy atom. The van der Waals surface area contributed by atoms with Crippen LogP contribution in [0.3, 0.4) is 0 Å². The lowest BCUT2D eigenvalue weighted by Crippen LogP contribution is -2.26. The summed E-state index contributed by atoms with van der Waals surface area (Å²) in [5.74, 6) is 2.09. The van der Waals surface area contributed by atoms with Crippen LogP contribution in [-0.2, 0) is 30.6 Å². The summed E-state index contributed by atoms with van der Waals surface area (Å²) in [4.78, 5) is 17.0. The van der Waals surface area contributed by atoms with Gasteiger partial charge in [0.25, 0.3) is 0 Å². The molecule has 0 aliphatic heterocycles. The van der Waals surface area contributed by atoms with E-state index in [4.69, 9.17) is 9.72 Å². The van der Waals surface area contributed by atoms with Gasteiger partial charge in [-0.25, -0.2) is 4.98 Å². The molecule has 1 heterocycles. The highest BCUT2D eigenvalue weighted by Crippen LogP contribution is 2.19. The van der Waals surface area contributed by atoms with Gasteiger partial charge in [-0.2, -0.15) is 0 Å². The first-order chi connectivity index (χ1) is 17.2. The molecule has 35 heavy (non-hydrogen) atoms. The first-order valence-corrected chi connectivity index (χ1v) is 12.7. The van der Waals surface area contributed by atoms with Crippen LogP contribution in [0.4, 0.5) is 0 Å². The second-order valence-electron chi connectivity index (χ2n) is 8.84. The zero-order valence-corrected chi connectivity index (χ0v) is 20.6. The monoisotopic (exact) mass is 469 g/mol. The highest BCUT2D eigenvalue weighted by molar-refractivity contribution is 5.78. The minimum absolute atomic E-state index is 0.0855. The third-order valence-corrected chi connectivity index (χ3v) is 6.26. The number of para-hydroxylation sites is 2. The lowest BCUT2D eigenvalue weighted by Gasteiger charge is -2.11. The molecule has 0 unspecified atom stereocenters. The fourth-order valence-corrected chi connectivity index (χ4v) is 4.30. The molecular formula is C30H35N3O2. The Labute approximate surface area is 208 Å². The summed E-state index contributed by atoms with van der Waals surface area (Å²) in [6.07, 6.45) is 5.45. The SMILES string of the molecule is CCc1ccc(OCCn2c(CCCCCNC(=O)Cc3ccccc3)nc3ccccc32)cc1. The molecule has 0 aliphatic rings. The number of nitrogens with one attached hydrogen (secondary N) is 1. The number of nitrogens with zero attached hydrogens (tertiary/aromatic N) is 2. The van der Waals surface area contributed by atoms with E-state index in [-0.39, 0.29) is 5.91 Å². The Morgan fingerprint density at radius 3 is 2.46 bits per heavy atom. The van der Waals surface area contributed by atoms with Crippen molar-refractivity contribution in [3.63, 3.8) is 0 Å². The van der Waals surface area contributed by atoms with Crippen molar-refractivity contribution in [1.29, 1.82) is 0 Å². The van der Waals surface area contributed by atoms with Gasteiger partial charge >= 0.3 is 0 Å². The summed E-state index contributed by atoms with van der Waals surface area (Å²) in [5.41, 5.74) is 4.55. The zero-order chi connectivity index (χ0) is 24.3. The molecule has 0 aliphatic carbocycles. The number of aryl methyl sites for hydroxylation is 2. The minimum Gasteiger partial charge on any atom is -0.492 e. The van der Waals surface area contributed by atoms with Crippen LogP contribution in [0, 0.1) is 0 Å². The van der Waals surface area contributed by atoms with E-state index in [1.807, 2.05) is 48.5 Å². The maximum absolute atomic E-state index is 12.1. The van der Waals surface area contributed by atoms with E-state index in [2.05, 4.69) is 47.1 Å². The summed E-state index contributed by atoms with van der Waals surface area (Å²) in [6.45, 7) is 4.24. The Kier molecular flexibility index (Phi) is 8.93. The van der Waals surface area contributed by atoms with Crippen LogP contribution in [0.2, 0.25) is 0 Å². The lowest BCUT2D eigenvalue weighted by molar-refractivity contribution is -0.120. The van der Waals surface area contributed by atoms with Crippen LogP contribution in [-0.4, -0.2) is 28.6 Å². The van der Waals surface area contributed by atoms with Crippen LogP contribution in [0.15, 0.2) is 78.9 Å². The number of ether oxygens (including phenoxy) is 1. The number of amides is 1. The quantitative estimate of drug-likeness (QED) is 0.254. The van der Waals surface area contributed by atoms with Crippen molar-refractivity contribution in [1.82, 2.24) is 14.9 Å². The molecule has 3 aromatic carbocycles. The summed E-state index contributed by atoms with van der Waals surface area (Å²) < 4.78 is 8.31. The van der Waals surface area contributed by atoms with Gasteiger partial charge in [-0.3, -0.25) is 4.79 Å². The lowest BCUT2D eigenvalue weighted by atomic mass is 10.1. The maximum Gasteiger partial charge on any atom is 0.224 e. The third kappa shape index (κ3) is 7.19. The van der Waals surface area contributed by atoms with Gasteiger partial charge in [-0.15, -0.1) is 0 Å². The number of imidazole rings is 1. The average Bonchev–Trinajstić information content (AvgIpc) is 3.24. The molecule has 0 spiro atoms. The highest BCUT2D eigenvalue weighted by Gasteiger charge is 2.10. The maximum atomic E-state index is 12.1.